The average molecular weight is 339 g/mol. The second kappa shape index (κ2) is 6.88. The summed E-state index contributed by atoms with van der Waals surface area (Å²) in [5.74, 6) is 0.0228. The quantitative estimate of drug-likeness (QED) is 0.763. The number of carbonyl (C=O) groups excluding carboxylic acids is 1. The van der Waals surface area contributed by atoms with E-state index >= 15 is 0 Å². The maximum atomic E-state index is 12.3. The molecular formula is C18H21N5O2. The Balaban J connectivity index is 1.71. The maximum absolute atomic E-state index is 12.3. The lowest BCUT2D eigenvalue weighted by molar-refractivity contribution is -0.121. The fourth-order valence-electron chi connectivity index (χ4n) is 2.85. The molecule has 25 heavy (non-hydrogen) atoms. The number of hydrogen-bond donors (Lipinski definition) is 1. The molecule has 1 N–H and O–H groups in total. The lowest BCUT2D eigenvalue weighted by Crippen LogP contribution is -2.27. The van der Waals surface area contributed by atoms with Gasteiger partial charge in [0.25, 0.3) is 5.56 Å². The van der Waals surface area contributed by atoms with E-state index in [1.165, 1.54) is 4.68 Å². The fourth-order valence-corrected chi connectivity index (χ4v) is 2.85. The maximum Gasteiger partial charge on any atom is 0.274 e. The summed E-state index contributed by atoms with van der Waals surface area (Å²) < 4.78 is 3.03. The van der Waals surface area contributed by atoms with Gasteiger partial charge in [-0.1, -0.05) is 25.1 Å². The number of rotatable bonds is 5. The Morgan fingerprint density at radius 2 is 1.96 bits per heavy atom. The van der Waals surface area contributed by atoms with Gasteiger partial charge in [-0.3, -0.25) is 14.3 Å². The van der Waals surface area contributed by atoms with E-state index in [9.17, 15) is 9.59 Å². The van der Waals surface area contributed by atoms with Gasteiger partial charge in [0.1, 0.15) is 0 Å². The van der Waals surface area contributed by atoms with Crippen molar-refractivity contribution in [1.29, 1.82) is 0 Å². The molecule has 2 aromatic heterocycles. The molecule has 1 amide bonds. The molecule has 3 rings (SSSR count). The molecule has 3 aromatic rings. The summed E-state index contributed by atoms with van der Waals surface area (Å²) in [6.07, 6.45) is 4.06. The molecule has 7 heteroatoms. The molecule has 0 radical (unpaired) electrons. The Hall–Kier alpha value is -2.96. The standard InChI is InChI=1S/C18H21N5O2/c1-12(13-9-20-22(2)11-13)8-17(24)19-10-16-14-6-4-5-7-15(14)18(25)23(3)21-16/h4-7,9,11-12H,8,10H2,1-3H3,(H,19,24). The molecule has 0 spiro atoms. The van der Waals surface area contributed by atoms with E-state index in [-0.39, 0.29) is 23.9 Å². The van der Waals surface area contributed by atoms with E-state index in [2.05, 4.69) is 15.5 Å². The number of amides is 1. The lowest BCUT2D eigenvalue weighted by Gasteiger charge is -2.11. The van der Waals surface area contributed by atoms with Gasteiger partial charge in [0.05, 0.1) is 23.8 Å². The first-order valence-electron chi connectivity index (χ1n) is 8.16. The zero-order valence-corrected chi connectivity index (χ0v) is 14.6. The fraction of sp³-hybridized carbons (Fsp3) is 0.333. The van der Waals surface area contributed by atoms with Crippen molar-refractivity contribution in [3.05, 3.63) is 58.3 Å². The van der Waals surface area contributed by atoms with Crippen LogP contribution < -0.4 is 10.9 Å². The van der Waals surface area contributed by atoms with Crippen molar-refractivity contribution in [2.75, 3.05) is 0 Å². The van der Waals surface area contributed by atoms with Crippen molar-refractivity contribution < 1.29 is 4.79 Å². The number of carbonyl (C=O) groups is 1. The van der Waals surface area contributed by atoms with Gasteiger partial charge in [-0.2, -0.15) is 10.2 Å². The Labute approximate surface area is 145 Å². The third-order valence-electron chi connectivity index (χ3n) is 4.27. The average Bonchev–Trinajstić information content (AvgIpc) is 3.03. The number of nitrogens with zero attached hydrogens (tertiary/aromatic N) is 4. The van der Waals surface area contributed by atoms with Crippen molar-refractivity contribution in [1.82, 2.24) is 24.9 Å². The van der Waals surface area contributed by atoms with Crippen LogP contribution in [0.3, 0.4) is 0 Å². The minimum absolute atomic E-state index is 0.0592. The molecule has 1 atom stereocenters. The van der Waals surface area contributed by atoms with Crippen LogP contribution in [-0.4, -0.2) is 25.5 Å². The van der Waals surface area contributed by atoms with Crippen molar-refractivity contribution in [2.24, 2.45) is 14.1 Å². The largest absolute Gasteiger partial charge is 0.350 e. The minimum atomic E-state index is -0.143. The van der Waals surface area contributed by atoms with Crippen LogP contribution >= 0.6 is 0 Å². The SMILES string of the molecule is CC(CC(=O)NCc1nn(C)c(=O)c2ccccc12)c1cnn(C)c1. The molecule has 0 bridgehead atoms. The highest BCUT2D eigenvalue weighted by atomic mass is 16.1. The number of nitrogens with one attached hydrogen (secondary N) is 1. The molecule has 1 unspecified atom stereocenters. The lowest BCUT2D eigenvalue weighted by atomic mass is 10.0. The first-order valence-corrected chi connectivity index (χ1v) is 8.16. The van der Waals surface area contributed by atoms with Crippen molar-refractivity contribution in [3.8, 4) is 0 Å². The van der Waals surface area contributed by atoms with Crippen LogP contribution in [0.15, 0.2) is 41.5 Å². The van der Waals surface area contributed by atoms with Crippen LogP contribution in [0.2, 0.25) is 0 Å². The second-order valence-corrected chi connectivity index (χ2v) is 6.25. The first-order chi connectivity index (χ1) is 12.0. The monoisotopic (exact) mass is 339 g/mol. The van der Waals surface area contributed by atoms with Gasteiger partial charge in [-0.15, -0.1) is 0 Å². The van der Waals surface area contributed by atoms with Crippen molar-refractivity contribution >= 4 is 16.7 Å². The van der Waals surface area contributed by atoms with Crippen molar-refractivity contribution in [2.45, 2.75) is 25.8 Å². The first kappa shape index (κ1) is 16.9. The zero-order valence-electron chi connectivity index (χ0n) is 14.6. The molecule has 7 nitrogen and oxygen atoms in total. The number of aryl methyl sites for hydroxylation is 2. The van der Waals surface area contributed by atoms with Crippen LogP contribution in [0.5, 0.6) is 0 Å². The summed E-state index contributed by atoms with van der Waals surface area (Å²) in [5, 5.41) is 12.7. The molecule has 0 saturated carbocycles. The van der Waals surface area contributed by atoms with Crippen LogP contribution in [-0.2, 0) is 25.4 Å². The highest BCUT2D eigenvalue weighted by molar-refractivity contribution is 5.84. The summed E-state index contributed by atoms with van der Waals surface area (Å²) in [4.78, 5) is 24.4. The van der Waals surface area contributed by atoms with Gasteiger partial charge in [0.2, 0.25) is 5.91 Å². The van der Waals surface area contributed by atoms with Gasteiger partial charge < -0.3 is 5.32 Å². The Morgan fingerprint density at radius 3 is 2.64 bits per heavy atom. The highest BCUT2D eigenvalue weighted by Crippen LogP contribution is 2.18. The third-order valence-corrected chi connectivity index (χ3v) is 4.27. The second-order valence-electron chi connectivity index (χ2n) is 6.25. The summed E-state index contributed by atoms with van der Waals surface area (Å²) in [6.45, 7) is 2.28. The van der Waals surface area contributed by atoms with E-state index in [4.69, 9.17) is 0 Å². The van der Waals surface area contributed by atoms with Crippen LogP contribution in [0.25, 0.3) is 10.8 Å². The summed E-state index contributed by atoms with van der Waals surface area (Å²) in [7, 11) is 3.47. The Morgan fingerprint density at radius 1 is 1.24 bits per heavy atom. The number of hydrogen-bond acceptors (Lipinski definition) is 4. The molecule has 0 saturated heterocycles. The van der Waals surface area contributed by atoms with Gasteiger partial charge in [-0.25, -0.2) is 4.68 Å². The molecule has 0 fully saturated rings. The van der Waals surface area contributed by atoms with Gasteiger partial charge in [-0.05, 0) is 17.5 Å². The zero-order chi connectivity index (χ0) is 18.0. The van der Waals surface area contributed by atoms with Crippen LogP contribution in [0.1, 0.15) is 30.5 Å². The van der Waals surface area contributed by atoms with E-state index in [1.54, 1.807) is 24.0 Å². The topological polar surface area (TPSA) is 81.8 Å². The number of aromatic nitrogens is 4. The summed E-state index contributed by atoms with van der Waals surface area (Å²) in [6, 6.07) is 7.31. The molecule has 0 aliphatic heterocycles. The normalized spacial score (nSPS) is 12.3. The highest BCUT2D eigenvalue weighted by Gasteiger charge is 2.14. The molecule has 0 aliphatic rings. The van der Waals surface area contributed by atoms with Crippen molar-refractivity contribution in [3.63, 3.8) is 0 Å². The predicted molar refractivity (Wildman–Crippen MR) is 95.1 cm³/mol. The van der Waals surface area contributed by atoms with Gasteiger partial charge in [0, 0.05) is 32.1 Å². The van der Waals surface area contributed by atoms with Gasteiger partial charge >= 0.3 is 0 Å². The number of benzene rings is 1. The molecule has 130 valence electrons. The summed E-state index contributed by atoms with van der Waals surface area (Å²) >= 11 is 0. The van der Waals surface area contributed by atoms with E-state index in [1.807, 2.05) is 38.4 Å². The number of fused-ring (bicyclic) bond motifs is 1. The summed E-state index contributed by atoms with van der Waals surface area (Å²) in [5.41, 5.74) is 1.57. The smallest absolute Gasteiger partial charge is 0.274 e. The van der Waals surface area contributed by atoms with Gasteiger partial charge in [0.15, 0.2) is 0 Å². The minimum Gasteiger partial charge on any atom is -0.350 e. The Kier molecular flexibility index (Phi) is 4.65. The third kappa shape index (κ3) is 3.60. The van der Waals surface area contributed by atoms with Crippen LogP contribution in [0, 0.1) is 0 Å². The van der Waals surface area contributed by atoms with Crippen LogP contribution in [0.4, 0.5) is 0 Å². The molecule has 2 heterocycles. The molecule has 0 aliphatic carbocycles. The van der Waals surface area contributed by atoms with E-state index in [0.29, 0.717) is 17.5 Å². The molecule has 1 aromatic carbocycles. The van der Waals surface area contributed by atoms with E-state index in [0.717, 1.165) is 10.9 Å². The molecular weight excluding hydrogens is 318 g/mol. The van der Waals surface area contributed by atoms with E-state index < -0.39 is 0 Å². The Bertz CT molecular complexity index is 973. The predicted octanol–water partition coefficient (Wildman–Crippen LogP) is 1.48.